The number of hydrogen-bond acceptors (Lipinski definition) is 7. The highest BCUT2D eigenvalue weighted by molar-refractivity contribution is 6.09. The number of hydrogen-bond donors (Lipinski definition) is 2. The predicted molar refractivity (Wildman–Crippen MR) is 144 cm³/mol. The molecule has 10 heteroatoms. The maximum absolute atomic E-state index is 13.4. The summed E-state index contributed by atoms with van der Waals surface area (Å²) >= 11 is 0. The fraction of sp³-hybridized carbons (Fsp3) is 0.500. The number of H-pyrrole nitrogens is 1. The maximum Gasteiger partial charge on any atom is 0.410 e. The van der Waals surface area contributed by atoms with Crippen molar-refractivity contribution in [3.05, 3.63) is 54.0 Å². The number of carbonyl (C=O) groups excluding carboxylic acids is 2. The molecular weight excluding hydrogens is 484 g/mol. The van der Waals surface area contributed by atoms with Gasteiger partial charge in [-0.15, -0.1) is 0 Å². The van der Waals surface area contributed by atoms with Crippen LogP contribution in [0.25, 0.3) is 11.0 Å². The molecule has 38 heavy (non-hydrogen) atoms. The van der Waals surface area contributed by atoms with E-state index in [0.29, 0.717) is 55.2 Å². The van der Waals surface area contributed by atoms with E-state index in [-0.39, 0.29) is 24.1 Å². The molecule has 0 saturated carbocycles. The molecule has 2 fully saturated rings. The summed E-state index contributed by atoms with van der Waals surface area (Å²) in [4.78, 5) is 41.6. The average Bonchev–Trinajstić information content (AvgIpc) is 3.31. The molecule has 10 nitrogen and oxygen atoms in total. The Hall–Kier alpha value is -3.66. The molecule has 2 aliphatic rings. The van der Waals surface area contributed by atoms with Crippen molar-refractivity contribution in [1.82, 2.24) is 24.8 Å². The molecule has 1 aromatic carbocycles. The van der Waals surface area contributed by atoms with E-state index >= 15 is 0 Å². The Labute approximate surface area is 222 Å². The number of nitrogens with zero attached hydrogens (tertiary/aromatic N) is 4. The van der Waals surface area contributed by atoms with Gasteiger partial charge < -0.3 is 29.6 Å². The minimum atomic E-state index is -0.547. The number of fused-ring (bicyclic) bond motifs is 1. The zero-order valence-corrected chi connectivity index (χ0v) is 22.3. The number of ether oxygens (including phenoxy) is 2. The molecule has 1 unspecified atom stereocenters. The van der Waals surface area contributed by atoms with Crippen LogP contribution in [0.15, 0.2) is 42.9 Å². The van der Waals surface area contributed by atoms with Crippen LogP contribution in [0, 0.1) is 0 Å². The number of likely N-dealkylation sites (tertiary alicyclic amines) is 2. The van der Waals surface area contributed by atoms with E-state index in [2.05, 4.69) is 20.3 Å². The molecule has 0 bridgehead atoms. The number of carbonyl (C=O) groups is 2. The van der Waals surface area contributed by atoms with Gasteiger partial charge in [-0.1, -0.05) is 30.3 Å². The first-order valence-electron chi connectivity index (χ1n) is 13.3. The van der Waals surface area contributed by atoms with E-state index in [1.165, 1.54) is 6.33 Å². The Morgan fingerprint density at radius 3 is 2.68 bits per heavy atom. The van der Waals surface area contributed by atoms with E-state index < -0.39 is 5.60 Å². The lowest BCUT2D eigenvalue weighted by Gasteiger charge is -2.39. The van der Waals surface area contributed by atoms with Crippen molar-refractivity contribution in [2.75, 3.05) is 31.5 Å². The van der Waals surface area contributed by atoms with Gasteiger partial charge in [0.2, 0.25) is 0 Å². The minimum absolute atomic E-state index is 0.0170. The first-order valence-corrected chi connectivity index (χ1v) is 13.3. The van der Waals surface area contributed by atoms with Crippen LogP contribution in [0.1, 0.15) is 56.0 Å². The van der Waals surface area contributed by atoms with E-state index in [1.54, 1.807) is 16.0 Å². The lowest BCUT2D eigenvalue weighted by Crippen LogP contribution is -2.54. The summed E-state index contributed by atoms with van der Waals surface area (Å²) in [5, 5.41) is 4.05. The van der Waals surface area contributed by atoms with Crippen LogP contribution < -0.4 is 5.32 Å². The molecule has 0 aliphatic carbocycles. The first kappa shape index (κ1) is 26.0. The van der Waals surface area contributed by atoms with Crippen molar-refractivity contribution in [1.29, 1.82) is 0 Å². The number of benzene rings is 1. The Morgan fingerprint density at radius 2 is 1.92 bits per heavy atom. The second kappa shape index (κ2) is 11.0. The molecule has 0 spiro atoms. The van der Waals surface area contributed by atoms with Gasteiger partial charge in [0.1, 0.15) is 23.4 Å². The van der Waals surface area contributed by atoms with Crippen LogP contribution in [-0.4, -0.2) is 80.7 Å². The summed E-state index contributed by atoms with van der Waals surface area (Å²) < 4.78 is 11.6. The Kier molecular flexibility index (Phi) is 7.51. The molecule has 5 rings (SSSR count). The number of nitrogens with one attached hydrogen (secondary N) is 2. The van der Waals surface area contributed by atoms with Gasteiger partial charge in [0, 0.05) is 32.4 Å². The predicted octanol–water partition coefficient (Wildman–Crippen LogP) is 4.20. The fourth-order valence-corrected chi connectivity index (χ4v) is 4.92. The number of amides is 2. The van der Waals surface area contributed by atoms with Crippen molar-refractivity contribution >= 4 is 28.9 Å². The molecule has 1 atom stereocenters. The number of aromatic nitrogens is 3. The van der Waals surface area contributed by atoms with Gasteiger partial charge in [0.25, 0.3) is 5.91 Å². The second-order valence-corrected chi connectivity index (χ2v) is 11.0. The summed E-state index contributed by atoms with van der Waals surface area (Å²) in [5.41, 5.74) is 1.69. The third-order valence-electron chi connectivity index (χ3n) is 6.92. The van der Waals surface area contributed by atoms with Gasteiger partial charge >= 0.3 is 6.09 Å². The van der Waals surface area contributed by atoms with Crippen molar-refractivity contribution in [2.45, 2.75) is 64.4 Å². The van der Waals surface area contributed by atoms with Crippen LogP contribution in [0.5, 0.6) is 0 Å². The third kappa shape index (κ3) is 5.91. The number of anilines is 1. The van der Waals surface area contributed by atoms with Gasteiger partial charge in [0.05, 0.1) is 29.7 Å². The highest BCUT2D eigenvalue weighted by atomic mass is 16.6. The van der Waals surface area contributed by atoms with Gasteiger partial charge in [-0.25, -0.2) is 14.8 Å². The number of rotatable bonds is 7. The van der Waals surface area contributed by atoms with E-state index in [1.807, 2.05) is 51.1 Å². The molecule has 2 amide bonds. The third-order valence-corrected chi connectivity index (χ3v) is 6.92. The lowest BCUT2D eigenvalue weighted by atomic mass is 10.0. The van der Waals surface area contributed by atoms with Gasteiger partial charge in [0.15, 0.2) is 0 Å². The van der Waals surface area contributed by atoms with Crippen LogP contribution in [0.4, 0.5) is 10.6 Å². The minimum Gasteiger partial charge on any atom is -0.444 e. The molecule has 3 aromatic rings. The Morgan fingerprint density at radius 1 is 1.13 bits per heavy atom. The van der Waals surface area contributed by atoms with E-state index in [0.717, 1.165) is 24.8 Å². The number of piperidine rings is 1. The summed E-state index contributed by atoms with van der Waals surface area (Å²) in [7, 11) is 0. The van der Waals surface area contributed by atoms with Gasteiger partial charge in [-0.2, -0.15) is 0 Å². The largest absolute Gasteiger partial charge is 0.444 e. The second-order valence-electron chi connectivity index (χ2n) is 11.0. The van der Waals surface area contributed by atoms with Crippen LogP contribution in [0.2, 0.25) is 0 Å². The van der Waals surface area contributed by atoms with Gasteiger partial charge in [-0.3, -0.25) is 4.79 Å². The van der Waals surface area contributed by atoms with Crippen molar-refractivity contribution in [3.8, 4) is 0 Å². The normalized spacial score (nSPS) is 18.3. The lowest BCUT2D eigenvalue weighted by molar-refractivity contribution is -0.0502. The van der Waals surface area contributed by atoms with E-state index in [9.17, 15) is 9.59 Å². The Bertz CT molecular complexity index is 1270. The van der Waals surface area contributed by atoms with Crippen molar-refractivity contribution in [2.24, 2.45) is 0 Å². The summed E-state index contributed by atoms with van der Waals surface area (Å²) in [6.45, 7) is 8.41. The molecule has 2 aliphatic heterocycles. The van der Waals surface area contributed by atoms with E-state index in [4.69, 9.17) is 9.47 Å². The van der Waals surface area contributed by atoms with Crippen molar-refractivity contribution < 1.29 is 19.1 Å². The highest BCUT2D eigenvalue weighted by Gasteiger charge is 2.34. The fourth-order valence-electron chi connectivity index (χ4n) is 4.92. The SMILES string of the molecule is CC(C)(C)OC(=O)N1CCCCC1CNc1ncnc2[nH]cc(C(=O)N3CC(OCc4ccccc4)C3)c12. The number of aromatic amines is 1. The molecule has 0 radical (unpaired) electrons. The average molecular weight is 521 g/mol. The molecule has 202 valence electrons. The molecule has 2 N–H and O–H groups in total. The first-order chi connectivity index (χ1) is 18.3. The maximum atomic E-state index is 13.4. The Balaban J connectivity index is 1.23. The zero-order chi connectivity index (χ0) is 26.7. The quantitative estimate of drug-likeness (QED) is 0.480. The van der Waals surface area contributed by atoms with Crippen LogP contribution in [0.3, 0.4) is 0 Å². The van der Waals surface area contributed by atoms with Crippen LogP contribution >= 0.6 is 0 Å². The van der Waals surface area contributed by atoms with Gasteiger partial charge in [-0.05, 0) is 45.6 Å². The van der Waals surface area contributed by atoms with Crippen LogP contribution in [-0.2, 0) is 16.1 Å². The zero-order valence-electron chi connectivity index (χ0n) is 22.3. The molecule has 2 saturated heterocycles. The smallest absolute Gasteiger partial charge is 0.410 e. The molecular formula is C28H36N6O4. The monoisotopic (exact) mass is 520 g/mol. The summed E-state index contributed by atoms with van der Waals surface area (Å²) in [5.74, 6) is 0.494. The summed E-state index contributed by atoms with van der Waals surface area (Å²) in [6.07, 6.45) is 5.76. The van der Waals surface area contributed by atoms with Crippen molar-refractivity contribution in [3.63, 3.8) is 0 Å². The highest BCUT2D eigenvalue weighted by Crippen LogP contribution is 2.28. The molecule has 4 heterocycles. The summed E-state index contributed by atoms with van der Waals surface area (Å²) in [6, 6.07) is 9.99. The standard InChI is InChI=1S/C28H36N6O4/c1-28(2,3)38-27(36)34-12-8-7-11-20(34)13-29-24-23-22(14-30-25(23)32-18-31-24)26(35)33-15-21(16-33)37-17-19-9-5-4-6-10-19/h4-6,9-10,14,18,20-21H,7-8,11-13,15-17H2,1-3H3,(H2,29,30,31,32). The topological polar surface area (TPSA) is 113 Å². The molecule has 2 aromatic heterocycles.